The van der Waals surface area contributed by atoms with Crippen molar-refractivity contribution in [1.82, 2.24) is 0 Å². The van der Waals surface area contributed by atoms with Gasteiger partial charge in [0.15, 0.2) is 0 Å². The van der Waals surface area contributed by atoms with E-state index in [1.54, 1.807) is 25.1 Å². The maximum atomic E-state index is 12.4. The lowest BCUT2D eigenvalue weighted by molar-refractivity contribution is -0.136. The number of carbonyl (C=O) groups is 2. The van der Waals surface area contributed by atoms with Crippen molar-refractivity contribution < 1.29 is 19.4 Å². The molecule has 0 aromatic heterocycles. The zero-order valence-corrected chi connectivity index (χ0v) is 16.0. The third-order valence-electron chi connectivity index (χ3n) is 5.37. The van der Waals surface area contributed by atoms with Crippen LogP contribution in [0.4, 0.5) is 10.5 Å². The molecule has 4 rings (SSSR count). The molecule has 0 unspecified atom stereocenters. The number of fused-ring (bicyclic) bond motifs is 3. The summed E-state index contributed by atoms with van der Waals surface area (Å²) in [5.74, 6) is -0.918. The van der Waals surface area contributed by atoms with E-state index in [9.17, 15) is 9.59 Å². The number of rotatable bonds is 5. The summed E-state index contributed by atoms with van der Waals surface area (Å²) in [6.45, 7) is 2.02. The Bertz CT molecular complexity index is 1040. The number of nitrogens with one attached hydrogen (secondary N) is 1. The van der Waals surface area contributed by atoms with E-state index < -0.39 is 12.1 Å². The molecule has 0 spiro atoms. The zero-order chi connectivity index (χ0) is 20.4. The first kappa shape index (κ1) is 18.7. The Morgan fingerprint density at radius 2 is 1.55 bits per heavy atom. The van der Waals surface area contributed by atoms with Gasteiger partial charge in [-0.15, -0.1) is 0 Å². The number of carbonyl (C=O) groups excluding carboxylic acids is 1. The molecule has 0 fully saturated rings. The van der Waals surface area contributed by atoms with E-state index in [-0.39, 0.29) is 18.9 Å². The summed E-state index contributed by atoms with van der Waals surface area (Å²) in [7, 11) is 0. The predicted molar refractivity (Wildman–Crippen MR) is 111 cm³/mol. The van der Waals surface area contributed by atoms with Gasteiger partial charge in [0.1, 0.15) is 6.61 Å². The molecular formula is C24H21NO4. The van der Waals surface area contributed by atoms with Crippen LogP contribution < -0.4 is 5.32 Å². The normalized spacial score (nSPS) is 12.2. The van der Waals surface area contributed by atoms with Crippen LogP contribution in [0.2, 0.25) is 0 Å². The quantitative estimate of drug-likeness (QED) is 0.647. The van der Waals surface area contributed by atoms with E-state index >= 15 is 0 Å². The standard InChI is InChI=1S/C24H21NO4/c1-15-16(13-23(26)27)7-6-12-22(15)25-24(28)29-14-21-19-10-4-2-8-17(19)18-9-3-5-11-20(18)21/h2-12,21H,13-14H2,1H3,(H,25,28)(H,26,27). The SMILES string of the molecule is Cc1c(CC(=O)O)cccc1NC(=O)OCC1c2ccccc2-c2ccccc21. The van der Waals surface area contributed by atoms with Crippen LogP contribution in [0.15, 0.2) is 66.7 Å². The van der Waals surface area contributed by atoms with Gasteiger partial charge in [0.2, 0.25) is 0 Å². The van der Waals surface area contributed by atoms with Gasteiger partial charge in [-0.25, -0.2) is 4.79 Å². The molecule has 0 bridgehead atoms. The minimum absolute atomic E-state index is 0.00686. The third-order valence-corrected chi connectivity index (χ3v) is 5.37. The Balaban J connectivity index is 1.48. The minimum Gasteiger partial charge on any atom is -0.481 e. The largest absolute Gasteiger partial charge is 0.481 e. The third kappa shape index (κ3) is 3.72. The molecule has 1 aliphatic carbocycles. The molecule has 5 nitrogen and oxygen atoms in total. The highest BCUT2D eigenvalue weighted by atomic mass is 16.5. The lowest BCUT2D eigenvalue weighted by atomic mass is 9.98. The number of carboxylic acids is 1. The van der Waals surface area contributed by atoms with E-state index in [1.807, 2.05) is 24.3 Å². The summed E-state index contributed by atoms with van der Waals surface area (Å²) in [6.07, 6.45) is -0.645. The molecule has 0 saturated heterocycles. The number of benzene rings is 3. The topological polar surface area (TPSA) is 75.6 Å². The molecule has 1 aliphatic rings. The lowest BCUT2D eigenvalue weighted by Gasteiger charge is -2.16. The summed E-state index contributed by atoms with van der Waals surface area (Å²) in [5, 5.41) is 11.8. The van der Waals surface area contributed by atoms with Gasteiger partial charge in [-0.2, -0.15) is 0 Å². The van der Waals surface area contributed by atoms with Crippen LogP contribution in [0.3, 0.4) is 0 Å². The second-order valence-corrected chi connectivity index (χ2v) is 7.11. The first-order chi connectivity index (χ1) is 14.0. The molecule has 0 atom stereocenters. The average molecular weight is 387 g/mol. The van der Waals surface area contributed by atoms with E-state index in [1.165, 1.54) is 11.1 Å². The average Bonchev–Trinajstić information content (AvgIpc) is 3.03. The number of ether oxygens (including phenoxy) is 1. The van der Waals surface area contributed by atoms with Crippen molar-refractivity contribution in [2.75, 3.05) is 11.9 Å². The van der Waals surface area contributed by atoms with Crippen molar-refractivity contribution in [2.24, 2.45) is 0 Å². The fourth-order valence-corrected chi connectivity index (χ4v) is 3.92. The fourth-order valence-electron chi connectivity index (χ4n) is 3.92. The molecule has 0 saturated carbocycles. The van der Waals surface area contributed by atoms with Crippen molar-refractivity contribution in [3.8, 4) is 11.1 Å². The Hall–Kier alpha value is -3.60. The Labute approximate surface area is 169 Å². The summed E-state index contributed by atoms with van der Waals surface area (Å²) < 4.78 is 5.55. The van der Waals surface area contributed by atoms with Crippen molar-refractivity contribution in [2.45, 2.75) is 19.3 Å². The van der Waals surface area contributed by atoms with Crippen LogP contribution in [0.25, 0.3) is 11.1 Å². The number of aliphatic carboxylic acids is 1. The zero-order valence-electron chi connectivity index (χ0n) is 16.0. The number of hydrogen-bond acceptors (Lipinski definition) is 3. The molecule has 3 aromatic carbocycles. The fraction of sp³-hybridized carbons (Fsp3) is 0.167. The van der Waals surface area contributed by atoms with Crippen molar-refractivity contribution in [1.29, 1.82) is 0 Å². The first-order valence-corrected chi connectivity index (χ1v) is 9.47. The number of anilines is 1. The molecule has 0 heterocycles. The smallest absolute Gasteiger partial charge is 0.411 e. The molecule has 2 N–H and O–H groups in total. The van der Waals surface area contributed by atoms with Gasteiger partial charge in [-0.3, -0.25) is 10.1 Å². The summed E-state index contributed by atoms with van der Waals surface area (Å²) in [4.78, 5) is 23.4. The molecule has 0 aliphatic heterocycles. The van der Waals surface area contributed by atoms with Crippen molar-refractivity contribution >= 4 is 17.7 Å². The summed E-state index contributed by atoms with van der Waals surface area (Å²) in [5.41, 5.74) is 6.60. The highest BCUT2D eigenvalue weighted by Crippen LogP contribution is 2.44. The van der Waals surface area contributed by atoms with Gasteiger partial charge < -0.3 is 9.84 Å². The Morgan fingerprint density at radius 3 is 2.17 bits per heavy atom. The number of carboxylic acid groups (broad SMARTS) is 1. The van der Waals surface area contributed by atoms with E-state index in [0.29, 0.717) is 11.3 Å². The number of hydrogen-bond donors (Lipinski definition) is 2. The molecular weight excluding hydrogens is 366 g/mol. The summed E-state index contributed by atoms with van der Waals surface area (Å²) in [6, 6.07) is 21.5. The highest BCUT2D eigenvalue weighted by Gasteiger charge is 2.29. The first-order valence-electron chi connectivity index (χ1n) is 9.47. The molecule has 1 amide bonds. The lowest BCUT2D eigenvalue weighted by Crippen LogP contribution is -2.18. The number of amides is 1. The molecule has 146 valence electrons. The van der Waals surface area contributed by atoms with Gasteiger partial charge >= 0.3 is 12.1 Å². The predicted octanol–water partition coefficient (Wildman–Crippen LogP) is 4.98. The second kappa shape index (κ2) is 7.80. The molecule has 0 radical (unpaired) electrons. The Kier molecular flexibility index (Phi) is 5.04. The van der Waals surface area contributed by atoms with Gasteiger partial charge in [-0.05, 0) is 46.4 Å². The Morgan fingerprint density at radius 1 is 0.931 bits per heavy atom. The van der Waals surface area contributed by atoms with E-state index in [0.717, 1.165) is 16.7 Å². The second-order valence-electron chi connectivity index (χ2n) is 7.11. The van der Waals surface area contributed by atoms with Gasteiger partial charge in [-0.1, -0.05) is 60.7 Å². The monoisotopic (exact) mass is 387 g/mol. The van der Waals surface area contributed by atoms with Gasteiger partial charge in [0, 0.05) is 11.6 Å². The van der Waals surface area contributed by atoms with Crippen LogP contribution in [0, 0.1) is 6.92 Å². The maximum absolute atomic E-state index is 12.4. The summed E-state index contributed by atoms with van der Waals surface area (Å²) >= 11 is 0. The molecule has 29 heavy (non-hydrogen) atoms. The van der Waals surface area contributed by atoms with Crippen molar-refractivity contribution in [3.05, 3.63) is 89.0 Å². The van der Waals surface area contributed by atoms with E-state index in [2.05, 4.69) is 29.6 Å². The van der Waals surface area contributed by atoms with Crippen molar-refractivity contribution in [3.63, 3.8) is 0 Å². The van der Waals surface area contributed by atoms with Crippen LogP contribution in [-0.2, 0) is 16.0 Å². The van der Waals surface area contributed by atoms with Crippen LogP contribution >= 0.6 is 0 Å². The molecule has 5 heteroatoms. The minimum atomic E-state index is -0.911. The van der Waals surface area contributed by atoms with Gasteiger partial charge in [0.05, 0.1) is 6.42 Å². The van der Waals surface area contributed by atoms with Gasteiger partial charge in [0.25, 0.3) is 0 Å². The maximum Gasteiger partial charge on any atom is 0.411 e. The molecule has 3 aromatic rings. The highest BCUT2D eigenvalue weighted by molar-refractivity contribution is 5.86. The van der Waals surface area contributed by atoms with Crippen LogP contribution in [0.5, 0.6) is 0 Å². The van der Waals surface area contributed by atoms with E-state index in [4.69, 9.17) is 9.84 Å². The van der Waals surface area contributed by atoms with Crippen LogP contribution in [-0.4, -0.2) is 23.8 Å². The van der Waals surface area contributed by atoms with Crippen LogP contribution in [0.1, 0.15) is 28.2 Å².